The first-order valence-electron chi connectivity index (χ1n) is 2.11. The highest BCUT2D eigenvalue weighted by molar-refractivity contribution is 7.84. The van der Waals surface area contributed by atoms with Crippen LogP contribution >= 0.6 is 36.9 Å². The summed E-state index contributed by atoms with van der Waals surface area (Å²) in [5.74, 6) is 0.744. The Bertz CT molecular complexity index is 47.0. The van der Waals surface area contributed by atoms with Gasteiger partial charge in [-0.25, -0.2) is 0 Å². The van der Waals surface area contributed by atoms with Crippen LogP contribution in [0.5, 0.6) is 0 Å². The molecule has 0 N–H and O–H groups in total. The van der Waals surface area contributed by atoms with E-state index in [1.54, 1.807) is 0 Å². The van der Waals surface area contributed by atoms with Gasteiger partial charge in [-0.3, -0.25) is 0 Å². The van der Waals surface area contributed by atoms with E-state index in [0.717, 1.165) is 5.75 Å². The molecule has 0 fully saturated rings. The predicted molar refractivity (Wildman–Crippen MR) is 41.9 cm³/mol. The summed E-state index contributed by atoms with van der Waals surface area (Å²) in [6.07, 6.45) is 0. The van der Waals surface area contributed by atoms with Crippen LogP contribution in [0, 0.1) is 0 Å². The summed E-state index contributed by atoms with van der Waals surface area (Å²) in [6, 6.07) is 0. The molecule has 0 saturated carbocycles. The van der Waals surface area contributed by atoms with Gasteiger partial charge in [0.25, 0.3) is 0 Å². The van der Waals surface area contributed by atoms with Crippen molar-refractivity contribution < 1.29 is 0 Å². The molecule has 0 saturated heterocycles. The fraction of sp³-hybridized carbons (Fsp3) is 1.00. The molecule has 0 bridgehead atoms. The summed E-state index contributed by atoms with van der Waals surface area (Å²) >= 11 is 13.7. The lowest BCUT2D eigenvalue weighted by molar-refractivity contribution is 0.936. The molecule has 0 aromatic rings. The average Bonchev–Trinajstić information content (AvgIpc) is 1.65. The van der Waals surface area contributed by atoms with Crippen LogP contribution in [0.4, 0.5) is 0 Å². The fourth-order valence-corrected chi connectivity index (χ4v) is 0.675. The first-order valence-corrected chi connectivity index (χ1v) is 3.70. The van der Waals surface area contributed by atoms with Crippen LogP contribution in [-0.4, -0.2) is 16.4 Å². The largest absolute Gasteiger partial charge is 0.178 e. The number of rotatable bonds is 2. The highest BCUT2D eigenvalue weighted by Crippen LogP contribution is 2.08. The van der Waals surface area contributed by atoms with Crippen LogP contribution in [0.3, 0.4) is 0 Å². The first kappa shape index (κ1) is 7.99. The van der Waals surface area contributed by atoms with Crippen LogP contribution in [0.25, 0.3) is 0 Å². The summed E-state index contributed by atoms with van der Waals surface area (Å²) in [5, 5.41) is 0.353. The molecular weight excluding hydrogens is 148 g/mol. The van der Waals surface area contributed by atoms with Crippen molar-refractivity contribution in [3.05, 3.63) is 0 Å². The van der Waals surface area contributed by atoms with Crippen molar-refractivity contribution in [2.45, 2.75) is 17.6 Å². The minimum absolute atomic E-state index is 0.126. The molecule has 7 heavy (non-hydrogen) atoms. The maximum atomic E-state index is 5.60. The Morgan fingerprint density at radius 2 is 2.14 bits per heavy atom. The molecule has 0 aliphatic heterocycles. The zero-order valence-electron chi connectivity index (χ0n) is 4.13. The van der Waals surface area contributed by atoms with E-state index in [-0.39, 0.29) is 10.6 Å². The van der Waals surface area contributed by atoms with Crippen molar-refractivity contribution in [1.29, 1.82) is 0 Å². The Labute approximate surface area is 60.4 Å². The van der Waals surface area contributed by atoms with E-state index in [9.17, 15) is 0 Å². The van der Waals surface area contributed by atoms with Crippen LogP contribution in [0.1, 0.15) is 6.92 Å². The Hall–Kier alpha value is 0.990. The molecule has 0 aliphatic rings. The molecule has 2 atom stereocenters. The molecule has 0 nitrogen and oxygen atoms in total. The van der Waals surface area contributed by atoms with Gasteiger partial charge >= 0.3 is 0 Å². The standard InChI is InChI=1S/C4H9ClS2/c1-3(5)4(7)2-6/h3-4,6-7H,2H2,1H3. The van der Waals surface area contributed by atoms with Crippen molar-refractivity contribution in [2.24, 2.45) is 0 Å². The molecule has 0 aromatic carbocycles. The number of hydrogen-bond acceptors (Lipinski definition) is 2. The molecular formula is C4H9ClS2. The lowest BCUT2D eigenvalue weighted by atomic mass is 10.4. The van der Waals surface area contributed by atoms with E-state index in [2.05, 4.69) is 25.3 Å². The van der Waals surface area contributed by atoms with Crippen molar-refractivity contribution in [3.63, 3.8) is 0 Å². The fourth-order valence-electron chi connectivity index (χ4n) is 0.145. The highest BCUT2D eigenvalue weighted by Gasteiger charge is 2.05. The maximum Gasteiger partial charge on any atom is 0.0431 e. The van der Waals surface area contributed by atoms with Gasteiger partial charge < -0.3 is 0 Å². The van der Waals surface area contributed by atoms with Gasteiger partial charge in [0.1, 0.15) is 0 Å². The monoisotopic (exact) mass is 156 g/mol. The average molecular weight is 157 g/mol. The summed E-state index contributed by atoms with van der Waals surface area (Å²) in [6.45, 7) is 1.91. The molecule has 0 amide bonds. The van der Waals surface area contributed by atoms with Gasteiger partial charge in [-0.05, 0) is 6.92 Å². The summed E-state index contributed by atoms with van der Waals surface area (Å²) in [7, 11) is 0. The Morgan fingerprint density at radius 3 is 2.14 bits per heavy atom. The summed E-state index contributed by atoms with van der Waals surface area (Å²) in [5.41, 5.74) is 0. The topological polar surface area (TPSA) is 0 Å². The first-order chi connectivity index (χ1) is 3.18. The minimum atomic E-state index is 0.126. The van der Waals surface area contributed by atoms with Crippen molar-refractivity contribution >= 4 is 36.9 Å². The lowest BCUT2D eigenvalue weighted by Gasteiger charge is -2.06. The number of hydrogen-bond donors (Lipinski definition) is 2. The Kier molecular flexibility index (Phi) is 4.48. The van der Waals surface area contributed by atoms with Crippen molar-refractivity contribution in [2.75, 3.05) is 5.75 Å². The summed E-state index contributed by atoms with van der Waals surface area (Å²) < 4.78 is 0. The number of thiol groups is 2. The van der Waals surface area contributed by atoms with Gasteiger partial charge in [0.15, 0.2) is 0 Å². The second kappa shape index (κ2) is 3.93. The van der Waals surface area contributed by atoms with Gasteiger partial charge in [-0.15, -0.1) is 11.6 Å². The number of alkyl halides is 1. The van der Waals surface area contributed by atoms with Crippen LogP contribution in [0.15, 0.2) is 0 Å². The normalized spacial score (nSPS) is 18.9. The van der Waals surface area contributed by atoms with Gasteiger partial charge in [0, 0.05) is 16.4 Å². The van der Waals surface area contributed by atoms with E-state index in [4.69, 9.17) is 11.6 Å². The molecule has 0 rings (SSSR count). The molecule has 3 heteroatoms. The van der Waals surface area contributed by atoms with E-state index < -0.39 is 0 Å². The zero-order valence-corrected chi connectivity index (χ0v) is 6.68. The van der Waals surface area contributed by atoms with Crippen LogP contribution < -0.4 is 0 Å². The molecule has 0 heterocycles. The third kappa shape index (κ3) is 3.56. The quantitative estimate of drug-likeness (QED) is 0.443. The molecule has 44 valence electrons. The maximum absolute atomic E-state index is 5.60. The molecule has 0 aromatic heterocycles. The van der Waals surface area contributed by atoms with Crippen LogP contribution in [-0.2, 0) is 0 Å². The lowest BCUT2D eigenvalue weighted by Crippen LogP contribution is -2.11. The van der Waals surface area contributed by atoms with Crippen molar-refractivity contribution in [3.8, 4) is 0 Å². The van der Waals surface area contributed by atoms with Gasteiger partial charge in [-0.2, -0.15) is 25.3 Å². The number of halogens is 1. The molecule has 0 aliphatic carbocycles. The molecule has 0 radical (unpaired) electrons. The third-order valence-corrected chi connectivity index (χ3v) is 2.51. The zero-order chi connectivity index (χ0) is 5.86. The van der Waals surface area contributed by atoms with Gasteiger partial charge in [0.05, 0.1) is 0 Å². The van der Waals surface area contributed by atoms with E-state index >= 15 is 0 Å². The second-order valence-electron chi connectivity index (χ2n) is 1.43. The SMILES string of the molecule is CC(Cl)C(S)CS. The Balaban J connectivity index is 3.14. The minimum Gasteiger partial charge on any atom is -0.178 e. The smallest absolute Gasteiger partial charge is 0.0431 e. The molecule has 2 unspecified atom stereocenters. The summed E-state index contributed by atoms with van der Waals surface area (Å²) in [4.78, 5) is 0. The molecule has 0 spiro atoms. The van der Waals surface area contributed by atoms with E-state index in [0.29, 0.717) is 0 Å². The van der Waals surface area contributed by atoms with Crippen LogP contribution in [0.2, 0.25) is 0 Å². The second-order valence-corrected chi connectivity index (χ2v) is 3.14. The predicted octanol–water partition coefficient (Wildman–Crippen LogP) is 1.84. The van der Waals surface area contributed by atoms with Crippen molar-refractivity contribution in [1.82, 2.24) is 0 Å². The Morgan fingerprint density at radius 1 is 1.71 bits per heavy atom. The van der Waals surface area contributed by atoms with Gasteiger partial charge in [-0.1, -0.05) is 0 Å². The highest BCUT2D eigenvalue weighted by atomic mass is 35.5. The third-order valence-electron chi connectivity index (χ3n) is 0.717. The van der Waals surface area contributed by atoms with E-state index in [1.165, 1.54) is 0 Å². The van der Waals surface area contributed by atoms with Gasteiger partial charge in [0.2, 0.25) is 0 Å². The van der Waals surface area contributed by atoms with E-state index in [1.807, 2.05) is 6.92 Å².